The van der Waals surface area contributed by atoms with E-state index in [0.717, 1.165) is 32.1 Å². The van der Waals surface area contributed by atoms with E-state index < -0.39 is 11.7 Å². The molecule has 28 heavy (non-hydrogen) atoms. The summed E-state index contributed by atoms with van der Waals surface area (Å²) in [6.45, 7) is 6.50. The summed E-state index contributed by atoms with van der Waals surface area (Å²) in [6, 6.07) is 5.14. The quantitative estimate of drug-likeness (QED) is 0.765. The topological polar surface area (TPSA) is 85.9 Å². The summed E-state index contributed by atoms with van der Waals surface area (Å²) >= 11 is 0. The highest BCUT2D eigenvalue weighted by Crippen LogP contribution is 2.33. The Hall–Kier alpha value is -2.44. The van der Waals surface area contributed by atoms with Crippen molar-refractivity contribution < 1.29 is 23.8 Å². The largest absolute Gasteiger partial charge is 0.486 e. The Balaban J connectivity index is 1.67. The van der Waals surface area contributed by atoms with Crippen LogP contribution in [0.4, 0.5) is 10.5 Å². The molecule has 3 rings (SSSR count). The number of benzene rings is 1. The summed E-state index contributed by atoms with van der Waals surface area (Å²) in [4.78, 5) is 25.2. The number of fused-ring (bicyclic) bond motifs is 1. The number of nitrogens with one attached hydrogen (secondary N) is 2. The van der Waals surface area contributed by atoms with Gasteiger partial charge in [-0.1, -0.05) is 19.3 Å². The predicted octanol–water partition coefficient (Wildman–Crippen LogP) is 3.87. The van der Waals surface area contributed by atoms with Crippen LogP contribution >= 0.6 is 0 Å². The molecule has 0 aromatic heterocycles. The number of amides is 2. The molecule has 7 heteroatoms. The van der Waals surface area contributed by atoms with Crippen molar-refractivity contribution in [3.8, 4) is 11.5 Å². The second kappa shape index (κ2) is 8.71. The maximum atomic E-state index is 13.0. The van der Waals surface area contributed by atoms with Crippen molar-refractivity contribution in [1.82, 2.24) is 5.32 Å². The number of hydrogen-bond acceptors (Lipinski definition) is 5. The third kappa shape index (κ3) is 5.53. The van der Waals surface area contributed by atoms with Gasteiger partial charge in [0.1, 0.15) is 18.8 Å². The lowest BCUT2D eigenvalue weighted by atomic mass is 9.93. The minimum Gasteiger partial charge on any atom is -0.486 e. The molecule has 0 radical (unpaired) electrons. The van der Waals surface area contributed by atoms with E-state index in [1.165, 1.54) is 0 Å². The van der Waals surface area contributed by atoms with Crippen LogP contribution < -0.4 is 20.1 Å². The smallest absolute Gasteiger partial charge is 0.407 e. The summed E-state index contributed by atoms with van der Waals surface area (Å²) in [6.07, 6.45) is 4.02. The van der Waals surface area contributed by atoms with Gasteiger partial charge in [0, 0.05) is 17.8 Å². The molecule has 0 saturated heterocycles. The Kier molecular flexibility index (Phi) is 6.31. The summed E-state index contributed by atoms with van der Waals surface area (Å²) in [5, 5.41) is 5.89. The van der Waals surface area contributed by atoms with Gasteiger partial charge in [-0.3, -0.25) is 4.79 Å². The van der Waals surface area contributed by atoms with Crippen molar-refractivity contribution in [2.24, 2.45) is 5.92 Å². The molecule has 154 valence electrons. The second-order valence-corrected chi connectivity index (χ2v) is 8.34. The third-order valence-corrected chi connectivity index (χ3v) is 4.86. The van der Waals surface area contributed by atoms with Crippen LogP contribution in [0.15, 0.2) is 18.2 Å². The zero-order valence-electron chi connectivity index (χ0n) is 16.9. The molecule has 7 nitrogen and oxygen atoms in total. The van der Waals surface area contributed by atoms with Crippen molar-refractivity contribution in [1.29, 1.82) is 0 Å². The lowest BCUT2D eigenvalue weighted by Gasteiger charge is -2.27. The lowest BCUT2D eigenvalue weighted by Crippen LogP contribution is -2.46. The molecule has 2 N–H and O–H groups in total. The van der Waals surface area contributed by atoms with Gasteiger partial charge in [-0.25, -0.2) is 4.79 Å². The van der Waals surface area contributed by atoms with E-state index in [2.05, 4.69) is 10.6 Å². The average molecular weight is 390 g/mol. The van der Waals surface area contributed by atoms with E-state index in [4.69, 9.17) is 14.2 Å². The van der Waals surface area contributed by atoms with E-state index in [9.17, 15) is 9.59 Å². The van der Waals surface area contributed by atoms with Crippen molar-refractivity contribution in [3.05, 3.63) is 18.2 Å². The maximum absolute atomic E-state index is 13.0. The number of ether oxygens (including phenoxy) is 3. The highest BCUT2D eigenvalue weighted by Gasteiger charge is 2.32. The molecular formula is C21H30N2O5. The van der Waals surface area contributed by atoms with E-state index in [-0.39, 0.29) is 17.9 Å². The van der Waals surface area contributed by atoms with Crippen LogP contribution in [0.2, 0.25) is 0 Å². The molecule has 0 unspecified atom stereocenters. The van der Waals surface area contributed by atoms with Crippen LogP contribution in [0.3, 0.4) is 0 Å². The zero-order chi connectivity index (χ0) is 20.1. The maximum Gasteiger partial charge on any atom is 0.407 e. The predicted molar refractivity (Wildman–Crippen MR) is 106 cm³/mol. The standard InChI is InChI=1S/C21H30N2O5/c1-21(2,3)28-20(25)23-16-8-6-4-5-7-15(16)19(24)22-14-9-10-17-18(13-14)27-12-11-26-17/h9-10,13,15-16H,4-8,11-12H2,1-3H3,(H,22,24)(H,23,25)/t15-,16-/m1/s1. The number of rotatable bonds is 3. The monoisotopic (exact) mass is 390 g/mol. The molecule has 1 heterocycles. The van der Waals surface area contributed by atoms with E-state index in [1.807, 2.05) is 20.8 Å². The Morgan fingerprint density at radius 3 is 2.50 bits per heavy atom. The molecule has 0 bridgehead atoms. The Morgan fingerprint density at radius 2 is 1.75 bits per heavy atom. The van der Waals surface area contributed by atoms with Gasteiger partial charge in [0.2, 0.25) is 5.91 Å². The van der Waals surface area contributed by atoms with Gasteiger partial charge in [0.15, 0.2) is 11.5 Å². The molecular weight excluding hydrogens is 360 g/mol. The number of carbonyl (C=O) groups is 2. The van der Waals surface area contributed by atoms with E-state index >= 15 is 0 Å². The molecule has 1 saturated carbocycles. The van der Waals surface area contributed by atoms with Crippen molar-refractivity contribution >= 4 is 17.7 Å². The van der Waals surface area contributed by atoms with Gasteiger partial charge in [-0.05, 0) is 45.7 Å². The molecule has 2 amide bonds. The minimum atomic E-state index is -0.572. The zero-order valence-corrected chi connectivity index (χ0v) is 16.9. The number of anilines is 1. The summed E-state index contributed by atoms with van der Waals surface area (Å²) in [5.41, 5.74) is 0.0899. The van der Waals surface area contributed by atoms with Crippen LogP contribution in [0.5, 0.6) is 11.5 Å². The van der Waals surface area contributed by atoms with E-state index in [0.29, 0.717) is 30.4 Å². The lowest BCUT2D eigenvalue weighted by molar-refractivity contribution is -0.120. The van der Waals surface area contributed by atoms with Crippen molar-refractivity contribution in [3.63, 3.8) is 0 Å². The average Bonchev–Trinajstić information content (AvgIpc) is 2.85. The first-order chi connectivity index (χ1) is 13.3. The van der Waals surface area contributed by atoms with Crippen LogP contribution in [-0.2, 0) is 9.53 Å². The van der Waals surface area contributed by atoms with Crippen molar-refractivity contribution in [2.75, 3.05) is 18.5 Å². The minimum absolute atomic E-state index is 0.0976. The SMILES string of the molecule is CC(C)(C)OC(=O)N[C@@H]1CCCCC[C@H]1C(=O)Nc1ccc2c(c1)OCCO2. The normalized spacial score (nSPS) is 22.0. The number of alkyl carbamates (subject to hydrolysis) is 1. The fourth-order valence-corrected chi connectivity index (χ4v) is 3.61. The highest BCUT2D eigenvalue weighted by molar-refractivity contribution is 5.93. The summed E-state index contributed by atoms with van der Waals surface area (Å²) in [7, 11) is 0. The molecule has 1 aromatic carbocycles. The van der Waals surface area contributed by atoms with Gasteiger partial charge in [0.25, 0.3) is 0 Å². The Morgan fingerprint density at radius 1 is 1.04 bits per heavy atom. The number of hydrogen-bond donors (Lipinski definition) is 2. The summed E-state index contributed by atoms with van der Waals surface area (Å²) < 4.78 is 16.5. The molecule has 1 fully saturated rings. The highest BCUT2D eigenvalue weighted by atomic mass is 16.6. The van der Waals surface area contributed by atoms with Crippen LogP contribution in [0.1, 0.15) is 52.9 Å². The van der Waals surface area contributed by atoms with Gasteiger partial charge < -0.3 is 24.8 Å². The van der Waals surface area contributed by atoms with Crippen LogP contribution in [0, 0.1) is 5.92 Å². The van der Waals surface area contributed by atoms with Crippen molar-refractivity contribution in [2.45, 2.75) is 64.5 Å². The molecule has 2 aliphatic rings. The number of carbonyl (C=O) groups excluding carboxylic acids is 2. The molecule has 0 spiro atoms. The van der Waals surface area contributed by atoms with Crippen LogP contribution in [0.25, 0.3) is 0 Å². The second-order valence-electron chi connectivity index (χ2n) is 8.34. The van der Waals surface area contributed by atoms with Gasteiger partial charge in [-0.15, -0.1) is 0 Å². The van der Waals surface area contributed by atoms with Gasteiger partial charge >= 0.3 is 6.09 Å². The summed E-state index contributed by atoms with van der Waals surface area (Å²) in [5.74, 6) is 0.916. The Bertz CT molecular complexity index is 713. The third-order valence-electron chi connectivity index (χ3n) is 4.86. The molecule has 1 aromatic rings. The molecule has 1 aliphatic carbocycles. The first-order valence-corrected chi connectivity index (χ1v) is 10.0. The first-order valence-electron chi connectivity index (χ1n) is 10.0. The van der Waals surface area contributed by atoms with E-state index in [1.54, 1.807) is 18.2 Å². The fraction of sp³-hybridized carbons (Fsp3) is 0.619. The van der Waals surface area contributed by atoms with Crippen LogP contribution in [-0.4, -0.2) is 36.9 Å². The fourth-order valence-electron chi connectivity index (χ4n) is 3.61. The molecule has 1 aliphatic heterocycles. The molecule has 2 atom stereocenters. The first kappa shape index (κ1) is 20.3. The Labute approximate surface area is 166 Å². The van der Waals surface area contributed by atoms with Gasteiger partial charge in [-0.2, -0.15) is 0 Å². The van der Waals surface area contributed by atoms with Gasteiger partial charge in [0.05, 0.1) is 5.92 Å².